The lowest BCUT2D eigenvalue weighted by Crippen LogP contribution is -2.33. The predicted molar refractivity (Wildman–Crippen MR) is 57.8 cm³/mol. The van der Waals surface area contributed by atoms with E-state index in [1.165, 1.54) is 0 Å². The fraction of sp³-hybridized carbons (Fsp3) is 0.556. The minimum atomic E-state index is 0.428. The molecular weight excluding hydrogens is 177 g/mol. The van der Waals surface area contributed by atoms with Gasteiger partial charge in [-0.3, -0.25) is 0 Å². The third-order valence-corrected chi connectivity index (χ3v) is 2.54. The molecule has 1 atom stereocenters. The van der Waals surface area contributed by atoms with Gasteiger partial charge in [-0.2, -0.15) is 0 Å². The molecule has 4 nitrogen and oxygen atoms in total. The third kappa shape index (κ3) is 1.87. The van der Waals surface area contributed by atoms with E-state index in [1.54, 1.807) is 0 Å². The summed E-state index contributed by atoms with van der Waals surface area (Å²) >= 11 is 0. The van der Waals surface area contributed by atoms with Crippen LogP contribution in [0.3, 0.4) is 0 Å². The second kappa shape index (κ2) is 3.96. The lowest BCUT2D eigenvalue weighted by molar-refractivity contribution is 0.193. The maximum atomic E-state index is 5.33. The second-order valence-electron chi connectivity index (χ2n) is 3.69. The molecule has 0 saturated carbocycles. The van der Waals surface area contributed by atoms with Crippen LogP contribution in [0.2, 0.25) is 0 Å². The SMILES string of the molecule is Bc1cnc(N(C)C2CCOC2)nc1. The van der Waals surface area contributed by atoms with Crippen molar-refractivity contribution in [2.75, 3.05) is 25.2 Å². The van der Waals surface area contributed by atoms with Crippen molar-refractivity contribution >= 4 is 19.3 Å². The highest BCUT2D eigenvalue weighted by Crippen LogP contribution is 2.14. The number of likely N-dealkylation sites (N-methyl/N-ethyl adjacent to an activating group) is 1. The topological polar surface area (TPSA) is 38.2 Å². The summed E-state index contributed by atoms with van der Waals surface area (Å²) < 4.78 is 5.33. The molecule has 1 aliphatic rings. The fourth-order valence-electron chi connectivity index (χ4n) is 1.56. The molecule has 74 valence electrons. The van der Waals surface area contributed by atoms with Crippen LogP contribution in [0.15, 0.2) is 12.4 Å². The van der Waals surface area contributed by atoms with Gasteiger partial charge in [0.2, 0.25) is 5.95 Å². The molecule has 0 amide bonds. The number of hydrogen-bond donors (Lipinski definition) is 0. The van der Waals surface area contributed by atoms with Gasteiger partial charge in [0.15, 0.2) is 0 Å². The largest absolute Gasteiger partial charge is 0.379 e. The molecule has 0 aromatic carbocycles. The fourth-order valence-corrected chi connectivity index (χ4v) is 1.56. The van der Waals surface area contributed by atoms with Crippen LogP contribution in [-0.4, -0.2) is 44.1 Å². The van der Waals surface area contributed by atoms with Crippen LogP contribution in [0.1, 0.15) is 6.42 Å². The Kier molecular flexibility index (Phi) is 2.68. The summed E-state index contributed by atoms with van der Waals surface area (Å²) in [5.41, 5.74) is 1.09. The number of aromatic nitrogens is 2. The average Bonchev–Trinajstić information content (AvgIpc) is 2.71. The molecule has 0 bridgehead atoms. The first-order valence-corrected chi connectivity index (χ1v) is 4.86. The molecule has 1 saturated heterocycles. The summed E-state index contributed by atoms with van der Waals surface area (Å²) in [5.74, 6) is 0.783. The van der Waals surface area contributed by atoms with Crippen molar-refractivity contribution in [2.24, 2.45) is 0 Å². The molecule has 0 aliphatic carbocycles. The van der Waals surface area contributed by atoms with Crippen molar-refractivity contribution in [3.05, 3.63) is 12.4 Å². The monoisotopic (exact) mass is 191 g/mol. The average molecular weight is 191 g/mol. The van der Waals surface area contributed by atoms with Gasteiger partial charge in [0.1, 0.15) is 7.85 Å². The van der Waals surface area contributed by atoms with Crippen molar-refractivity contribution in [1.29, 1.82) is 0 Å². The summed E-state index contributed by atoms with van der Waals surface area (Å²) in [7, 11) is 4.01. The van der Waals surface area contributed by atoms with E-state index in [9.17, 15) is 0 Å². The zero-order chi connectivity index (χ0) is 9.97. The molecule has 5 heteroatoms. The summed E-state index contributed by atoms with van der Waals surface area (Å²) in [6, 6.07) is 0.428. The van der Waals surface area contributed by atoms with Crippen LogP contribution in [0.5, 0.6) is 0 Å². The van der Waals surface area contributed by atoms with Gasteiger partial charge >= 0.3 is 0 Å². The van der Waals surface area contributed by atoms with Gasteiger partial charge in [-0.1, -0.05) is 5.46 Å². The summed E-state index contributed by atoms with van der Waals surface area (Å²) in [6.07, 6.45) is 4.75. The van der Waals surface area contributed by atoms with E-state index in [0.717, 1.165) is 31.0 Å². The molecule has 1 aromatic heterocycles. The first-order chi connectivity index (χ1) is 6.77. The Labute approximate surface area is 84.7 Å². The van der Waals surface area contributed by atoms with Crippen LogP contribution in [-0.2, 0) is 4.74 Å². The standard InChI is InChI=1S/C9H14BN3O/c1-13(8-2-3-14-6-8)9-11-4-7(10)5-12-9/h4-5,8H,2-3,6,10H2,1H3. The number of ether oxygens (including phenoxy) is 1. The van der Waals surface area contributed by atoms with E-state index in [1.807, 2.05) is 27.3 Å². The first kappa shape index (κ1) is 9.46. The molecule has 2 rings (SSSR count). The van der Waals surface area contributed by atoms with Crippen LogP contribution in [0, 0.1) is 0 Å². The molecule has 2 heterocycles. The third-order valence-electron chi connectivity index (χ3n) is 2.54. The van der Waals surface area contributed by atoms with Crippen molar-refractivity contribution in [1.82, 2.24) is 9.97 Å². The van der Waals surface area contributed by atoms with Gasteiger partial charge in [0.25, 0.3) is 0 Å². The van der Waals surface area contributed by atoms with Crippen molar-refractivity contribution in [2.45, 2.75) is 12.5 Å². The summed E-state index contributed by atoms with van der Waals surface area (Å²) in [4.78, 5) is 10.7. The van der Waals surface area contributed by atoms with E-state index in [0.29, 0.717) is 6.04 Å². The Bertz CT molecular complexity index is 297. The molecule has 0 spiro atoms. The zero-order valence-corrected chi connectivity index (χ0v) is 8.60. The minimum Gasteiger partial charge on any atom is -0.379 e. The van der Waals surface area contributed by atoms with Crippen molar-refractivity contribution in [3.63, 3.8) is 0 Å². The summed E-state index contributed by atoms with van der Waals surface area (Å²) in [5, 5.41) is 0. The highest BCUT2D eigenvalue weighted by molar-refractivity contribution is 6.31. The van der Waals surface area contributed by atoms with Crippen LogP contribution in [0.25, 0.3) is 0 Å². The number of hydrogen-bond acceptors (Lipinski definition) is 4. The van der Waals surface area contributed by atoms with Crippen molar-refractivity contribution in [3.8, 4) is 0 Å². The normalized spacial score (nSPS) is 21.1. The molecule has 1 unspecified atom stereocenters. The number of rotatable bonds is 2. The quantitative estimate of drug-likeness (QED) is 0.559. The first-order valence-electron chi connectivity index (χ1n) is 4.86. The molecule has 1 aliphatic heterocycles. The van der Waals surface area contributed by atoms with Gasteiger partial charge in [-0.15, -0.1) is 0 Å². The van der Waals surface area contributed by atoms with Crippen LogP contribution in [0.4, 0.5) is 5.95 Å². The van der Waals surface area contributed by atoms with E-state index < -0.39 is 0 Å². The molecule has 1 aromatic rings. The van der Waals surface area contributed by atoms with Gasteiger partial charge in [0.05, 0.1) is 12.6 Å². The highest BCUT2D eigenvalue weighted by atomic mass is 16.5. The lowest BCUT2D eigenvalue weighted by Gasteiger charge is -2.22. The van der Waals surface area contributed by atoms with Crippen LogP contribution >= 0.6 is 0 Å². The Morgan fingerprint density at radius 1 is 1.50 bits per heavy atom. The minimum absolute atomic E-state index is 0.428. The Balaban J connectivity index is 2.09. The molecule has 14 heavy (non-hydrogen) atoms. The number of nitrogens with zero attached hydrogens (tertiary/aromatic N) is 3. The maximum Gasteiger partial charge on any atom is 0.225 e. The van der Waals surface area contributed by atoms with Crippen LogP contribution < -0.4 is 10.4 Å². The smallest absolute Gasteiger partial charge is 0.225 e. The number of anilines is 1. The maximum absolute atomic E-state index is 5.33. The Morgan fingerprint density at radius 3 is 2.79 bits per heavy atom. The van der Waals surface area contributed by atoms with Gasteiger partial charge in [-0.25, -0.2) is 9.97 Å². The molecule has 1 fully saturated rings. The second-order valence-corrected chi connectivity index (χ2v) is 3.69. The van der Waals surface area contributed by atoms with Crippen molar-refractivity contribution < 1.29 is 4.74 Å². The van der Waals surface area contributed by atoms with E-state index in [2.05, 4.69) is 14.9 Å². The lowest BCUT2D eigenvalue weighted by atomic mass is 10.0. The van der Waals surface area contributed by atoms with Gasteiger partial charge in [-0.05, 0) is 6.42 Å². The molecular formula is C9H14BN3O. The van der Waals surface area contributed by atoms with Gasteiger partial charge < -0.3 is 9.64 Å². The molecule has 0 radical (unpaired) electrons. The Morgan fingerprint density at radius 2 is 2.21 bits per heavy atom. The summed E-state index contributed by atoms with van der Waals surface area (Å²) in [6.45, 7) is 1.63. The van der Waals surface area contributed by atoms with E-state index in [-0.39, 0.29) is 0 Å². The highest BCUT2D eigenvalue weighted by Gasteiger charge is 2.21. The van der Waals surface area contributed by atoms with Gasteiger partial charge in [0, 0.05) is 26.0 Å². The molecule has 0 N–H and O–H groups in total. The van der Waals surface area contributed by atoms with E-state index >= 15 is 0 Å². The van der Waals surface area contributed by atoms with E-state index in [4.69, 9.17) is 4.74 Å². The Hall–Kier alpha value is -1.10. The zero-order valence-electron chi connectivity index (χ0n) is 8.60. The predicted octanol–water partition coefficient (Wildman–Crippen LogP) is -1.04.